The van der Waals surface area contributed by atoms with E-state index in [4.69, 9.17) is 0 Å². The number of anilines is 1. The molecule has 0 spiro atoms. The summed E-state index contributed by atoms with van der Waals surface area (Å²) in [6, 6.07) is 15.0. The van der Waals surface area contributed by atoms with Crippen LogP contribution in [0.25, 0.3) is 11.1 Å². The van der Waals surface area contributed by atoms with Gasteiger partial charge in [-0.2, -0.15) is 0 Å². The second kappa shape index (κ2) is 6.88. The summed E-state index contributed by atoms with van der Waals surface area (Å²) >= 11 is 0. The first-order chi connectivity index (χ1) is 12.3. The van der Waals surface area contributed by atoms with Gasteiger partial charge in [-0.15, -0.1) is 0 Å². The van der Waals surface area contributed by atoms with E-state index in [9.17, 15) is 17.2 Å². The Morgan fingerprint density at radius 3 is 2.12 bits per heavy atom. The Balaban J connectivity index is 2.12. The average molecular weight is 373 g/mol. The SMILES string of the molecule is Cc1ccc(-c2cc(F)c(F)cc2NS(=O)(=O)c2ccccc2)cc1C. The van der Waals surface area contributed by atoms with Crippen molar-refractivity contribution in [3.05, 3.63) is 83.4 Å². The molecule has 1 N–H and O–H groups in total. The van der Waals surface area contributed by atoms with E-state index in [1.54, 1.807) is 24.3 Å². The minimum absolute atomic E-state index is 0.0176. The number of nitrogens with one attached hydrogen (secondary N) is 1. The van der Waals surface area contributed by atoms with Gasteiger partial charge in [0.25, 0.3) is 10.0 Å². The Morgan fingerprint density at radius 1 is 0.808 bits per heavy atom. The first kappa shape index (κ1) is 18.1. The van der Waals surface area contributed by atoms with Crippen LogP contribution in [0.3, 0.4) is 0 Å². The molecule has 0 aromatic heterocycles. The van der Waals surface area contributed by atoms with Gasteiger partial charge in [-0.3, -0.25) is 4.72 Å². The quantitative estimate of drug-likeness (QED) is 0.696. The summed E-state index contributed by atoms with van der Waals surface area (Å²) < 4.78 is 55.1. The molecule has 0 amide bonds. The fourth-order valence-electron chi connectivity index (χ4n) is 2.58. The highest BCUT2D eigenvalue weighted by molar-refractivity contribution is 7.92. The van der Waals surface area contributed by atoms with Crippen LogP contribution in [-0.4, -0.2) is 8.42 Å². The van der Waals surface area contributed by atoms with Crippen molar-refractivity contribution in [3.63, 3.8) is 0 Å². The molecule has 0 fully saturated rings. The maximum absolute atomic E-state index is 13.8. The Labute approximate surface area is 151 Å². The van der Waals surface area contributed by atoms with Crippen LogP contribution < -0.4 is 4.72 Å². The summed E-state index contributed by atoms with van der Waals surface area (Å²) in [7, 11) is -3.93. The van der Waals surface area contributed by atoms with E-state index < -0.39 is 21.7 Å². The molecule has 0 unspecified atom stereocenters. The van der Waals surface area contributed by atoms with Crippen molar-refractivity contribution in [1.82, 2.24) is 0 Å². The third-order valence-electron chi connectivity index (χ3n) is 4.18. The van der Waals surface area contributed by atoms with Crippen LogP contribution in [0.2, 0.25) is 0 Å². The van der Waals surface area contributed by atoms with Gasteiger partial charge in [0.2, 0.25) is 0 Å². The molecule has 0 radical (unpaired) electrons. The number of rotatable bonds is 4. The topological polar surface area (TPSA) is 46.2 Å². The van der Waals surface area contributed by atoms with Gasteiger partial charge in [0, 0.05) is 11.6 Å². The van der Waals surface area contributed by atoms with E-state index >= 15 is 0 Å². The third kappa shape index (κ3) is 3.60. The lowest BCUT2D eigenvalue weighted by molar-refractivity contribution is 0.509. The number of halogens is 2. The fourth-order valence-corrected chi connectivity index (χ4v) is 3.67. The molecule has 134 valence electrons. The molecule has 3 aromatic carbocycles. The highest BCUT2D eigenvalue weighted by atomic mass is 32.2. The van der Waals surface area contributed by atoms with Crippen LogP contribution in [0.4, 0.5) is 14.5 Å². The highest BCUT2D eigenvalue weighted by Gasteiger charge is 2.19. The summed E-state index contributed by atoms with van der Waals surface area (Å²) in [4.78, 5) is 0.0377. The van der Waals surface area contributed by atoms with Crippen molar-refractivity contribution < 1.29 is 17.2 Å². The lowest BCUT2D eigenvalue weighted by Gasteiger charge is -2.14. The van der Waals surface area contributed by atoms with Gasteiger partial charge in [-0.05, 0) is 48.7 Å². The number of aryl methyl sites for hydroxylation is 2. The predicted octanol–water partition coefficient (Wildman–Crippen LogP) is 5.05. The molecule has 3 rings (SSSR count). The zero-order valence-corrected chi connectivity index (χ0v) is 15.1. The number of hydrogen-bond acceptors (Lipinski definition) is 2. The minimum Gasteiger partial charge on any atom is -0.279 e. The molecule has 0 aliphatic heterocycles. The monoisotopic (exact) mass is 373 g/mol. The largest absolute Gasteiger partial charge is 0.279 e. The first-order valence-corrected chi connectivity index (χ1v) is 9.41. The second-order valence-electron chi connectivity index (χ2n) is 6.03. The zero-order valence-electron chi connectivity index (χ0n) is 14.3. The summed E-state index contributed by atoms with van der Waals surface area (Å²) in [6.07, 6.45) is 0. The van der Waals surface area contributed by atoms with Crippen molar-refractivity contribution in [1.29, 1.82) is 0 Å². The second-order valence-corrected chi connectivity index (χ2v) is 7.71. The number of sulfonamides is 1. The third-order valence-corrected chi connectivity index (χ3v) is 5.56. The van der Waals surface area contributed by atoms with Gasteiger partial charge in [0.15, 0.2) is 11.6 Å². The fraction of sp³-hybridized carbons (Fsp3) is 0.100. The van der Waals surface area contributed by atoms with Gasteiger partial charge in [-0.1, -0.05) is 36.4 Å². The van der Waals surface area contributed by atoms with Crippen molar-refractivity contribution in [3.8, 4) is 11.1 Å². The maximum atomic E-state index is 13.8. The van der Waals surface area contributed by atoms with Gasteiger partial charge >= 0.3 is 0 Å². The van der Waals surface area contributed by atoms with Crippen LogP contribution in [0.1, 0.15) is 11.1 Å². The molecule has 0 saturated heterocycles. The van der Waals surface area contributed by atoms with Crippen LogP contribution in [0.5, 0.6) is 0 Å². The van der Waals surface area contributed by atoms with Crippen LogP contribution in [-0.2, 0) is 10.0 Å². The summed E-state index contributed by atoms with van der Waals surface area (Å²) in [5, 5.41) is 0. The van der Waals surface area contributed by atoms with Crippen molar-refractivity contribution in [2.45, 2.75) is 18.7 Å². The van der Waals surface area contributed by atoms with Gasteiger partial charge in [-0.25, -0.2) is 17.2 Å². The molecule has 3 nitrogen and oxygen atoms in total. The minimum atomic E-state index is -3.93. The molecule has 0 bridgehead atoms. The van der Waals surface area contributed by atoms with E-state index in [1.807, 2.05) is 26.0 Å². The zero-order chi connectivity index (χ0) is 18.9. The summed E-state index contributed by atoms with van der Waals surface area (Å²) in [5.41, 5.74) is 2.85. The molecule has 3 aromatic rings. The molecule has 0 saturated carbocycles. The normalized spacial score (nSPS) is 11.4. The predicted molar refractivity (Wildman–Crippen MR) is 98.5 cm³/mol. The van der Waals surface area contributed by atoms with Gasteiger partial charge in [0.1, 0.15) is 0 Å². The Bertz CT molecular complexity index is 1060. The van der Waals surface area contributed by atoms with E-state index in [-0.39, 0.29) is 16.1 Å². The van der Waals surface area contributed by atoms with Gasteiger partial charge in [0.05, 0.1) is 10.6 Å². The van der Waals surface area contributed by atoms with Gasteiger partial charge < -0.3 is 0 Å². The van der Waals surface area contributed by atoms with Crippen LogP contribution in [0.15, 0.2) is 65.6 Å². The summed E-state index contributed by atoms with van der Waals surface area (Å²) in [5.74, 6) is -2.16. The van der Waals surface area contributed by atoms with E-state index in [1.165, 1.54) is 12.1 Å². The van der Waals surface area contributed by atoms with Crippen LogP contribution in [0, 0.1) is 25.5 Å². The number of benzene rings is 3. The first-order valence-electron chi connectivity index (χ1n) is 7.92. The Morgan fingerprint density at radius 2 is 1.46 bits per heavy atom. The lowest BCUT2D eigenvalue weighted by Crippen LogP contribution is -2.14. The molecule has 0 heterocycles. The van der Waals surface area contributed by atoms with E-state index in [0.29, 0.717) is 5.56 Å². The average Bonchev–Trinajstić information content (AvgIpc) is 2.61. The maximum Gasteiger partial charge on any atom is 0.261 e. The molecule has 0 atom stereocenters. The molecule has 26 heavy (non-hydrogen) atoms. The molecular weight excluding hydrogens is 356 g/mol. The molecular formula is C20H17F2NO2S. The number of hydrogen-bond donors (Lipinski definition) is 1. The van der Waals surface area contributed by atoms with E-state index in [2.05, 4.69) is 4.72 Å². The van der Waals surface area contributed by atoms with Crippen molar-refractivity contribution in [2.75, 3.05) is 4.72 Å². The highest BCUT2D eigenvalue weighted by Crippen LogP contribution is 2.33. The summed E-state index contributed by atoms with van der Waals surface area (Å²) in [6.45, 7) is 3.83. The molecule has 0 aliphatic carbocycles. The Hall–Kier alpha value is -2.73. The smallest absolute Gasteiger partial charge is 0.261 e. The lowest BCUT2D eigenvalue weighted by atomic mass is 9.99. The molecule has 6 heteroatoms. The molecule has 0 aliphatic rings. The Kier molecular flexibility index (Phi) is 4.78. The van der Waals surface area contributed by atoms with Crippen molar-refractivity contribution >= 4 is 15.7 Å². The van der Waals surface area contributed by atoms with E-state index in [0.717, 1.165) is 23.3 Å². The van der Waals surface area contributed by atoms with Crippen molar-refractivity contribution in [2.24, 2.45) is 0 Å². The van der Waals surface area contributed by atoms with Crippen LogP contribution >= 0.6 is 0 Å². The standard InChI is InChI=1S/C20H17F2NO2S/c1-13-8-9-15(10-14(13)2)17-11-18(21)19(22)12-20(17)23-26(24,25)16-6-4-3-5-7-16/h3-12,23H,1-2H3.